The maximum absolute atomic E-state index is 10.3. The highest BCUT2D eigenvalue weighted by Gasteiger charge is 2.06. The van der Waals surface area contributed by atoms with Gasteiger partial charge < -0.3 is 10.5 Å². The van der Waals surface area contributed by atoms with E-state index in [1.165, 1.54) is 0 Å². The lowest BCUT2D eigenvalue weighted by molar-refractivity contribution is -0.122. The lowest BCUT2D eigenvalue weighted by Gasteiger charge is -2.04. The Kier molecular flexibility index (Phi) is 4.05. The molecule has 0 heterocycles. The number of hydrogen-bond donors (Lipinski definition) is 1. The lowest BCUT2D eigenvalue weighted by atomic mass is 10.2. The van der Waals surface area contributed by atoms with Crippen LogP contribution in [0.4, 0.5) is 0 Å². The number of hydrogen-bond acceptors (Lipinski definition) is 2. The van der Waals surface area contributed by atoms with E-state index < -0.39 is 0 Å². The van der Waals surface area contributed by atoms with Crippen molar-refractivity contribution in [2.24, 2.45) is 11.7 Å². The van der Waals surface area contributed by atoms with Crippen molar-refractivity contribution in [1.82, 2.24) is 0 Å². The summed E-state index contributed by atoms with van der Waals surface area (Å²) in [7, 11) is 0. The van der Waals surface area contributed by atoms with Crippen LogP contribution in [0, 0.1) is 12.8 Å². The first-order valence-electron chi connectivity index (χ1n) is 2.84. The molecule has 0 rings (SSSR count). The molecule has 1 atom stereocenters. The average molecular weight is 130 g/mol. The molecule has 0 aromatic heterocycles. The van der Waals surface area contributed by atoms with Crippen molar-refractivity contribution in [3.63, 3.8) is 0 Å². The fraction of sp³-hybridized carbons (Fsp3) is 0.667. The van der Waals surface area contributed by atoms with E-state index in [4.69, 9.17) is 10.5 Å². The maximum Gasteiger partial charge on any atom is 0.222 e. The van der Waals surface area contributed by atoms with Crippen molar-refractivity contribution in [3.05, 3.63) is 6.92 Å². The molecule has 0 saturated heterocycles. The zero-order chi connectivity index (χ0) is 7.28. The summed E-state index contributed by atoms with van der Waals surface area (Å²) in [5.74, 6) is -0.532. The van der Waals surface area contributed by atoms with E-state index in [1.807, 2.05) is 0 Å². The van der Waals surface area contributed by atoms with Gasteiger partial charge in [-0.05, 0) is 6.92 Å². The predicted octanol–water partition coefficient (Wildman–Crippen LogP) is -0.0415. The molecule has 0 aromatic carbocycles. The van der Waals surface area contributed by atoms with Crippen LogP contribution in [0.3, 0.4) is 0 Å². The smallest absolute Gasteiger partial charge is 0.222 e. The van der Waals surface area contributed by atoms with Crippen LogP contribution in [0.25, 0.3) is 0 Å². The van der Waals surface area contributed by atoms with Gasteiger partial charge in [-0.25, -0.2) is 0 Å². The third-order valence-corrected chi connectivity index (χ3v) is 0.998. The van der Waals surface area contributed by atoms with Gasteiger partial charge >= 0.3 is 0 Å². The van der Waals surface area contributed by atoms with Crippen molar-refractivity contribution in [1.29, 1.82) is 0 Å². The fourth-order valence-corrected chi connectivity index (χ4v) is 0.342. The molecule has 1 amide bonds. The molecule has 0 bridgehead atoms. The number of ether oxygens (including phenoxy) is 1. The van der Waals surface area contributed by atoms with E-state index in [0.717, 1.165) is 0 Å². The maximum atomic E-state index is 10.3. The molecule has 0 aliphatic heterocycles. The Labute approximate surface area is 55.2 Å². The van der Waals surface area contributed by atoms with Gasteiger partial charge in [0.25, 0.3) is 0 Å². The van der Waals surface area contributed by atoms with E-state index in [9.17, 15) is 4.79 Å². The molecule has 3 nitrogen and oxygen atoms in total. The van der Waals surface area contributed by atoms with Gasteiger partial charge in [0.05, 0.1) is 12.5 Å². The number of carbonyl (C=O) groups is 1. The number of nitrogens with two attached hydrogens (primary N) is 1. The Morgan fingerprint density at radius 3 is 2.78 bits per heavy atom. The van der Waals surface area contributed by atoms with Crippen molar-refractivity contribution >= 4 is 5.91 Å². The molecule has 1 unspecified atom stereocenters. The van der Waals surface area contributed by atoms with Gasteiger partial charge in [0.15, 0.2) is 0 Å². The summed E-state index contributed by atoms with van der Waals surface area (Å²) in [5, 5.41) is 0. The molecule has 0 saturated carbocycles. The minimum absolute atomic E-state index is 0.202. The molecule has 53 valence electrons. The minimum Gasteiger partial charge on any atom is -0.381 e. The van der Waals surface area contributed by atoms with Crippen LogP contribution >= 0.6 is 0 Å². The van der Waals surface area contributed by atoms with Crippen LogP contribution in [0.15, 0.2) is 0 Å². The summed E-state index contributed by atoms with van der Waals surface area (Å²) in [6.45, 7) is 5.92. The van der Waals surface area contributed by atoms with E-state index in [-0.39, 0.29) is 11.8 Å². The molecule has 1 radical (unpaired) electrons. The zero-order valence-electron chi connectivity index (χ0n) is 5.59. The van der Waals surface area contributed by atoms with E-state index in [1.54, 1.807) is 6.92 Å². The van der Waals surface area contributed by atoms with Gasteiger partial charge in [-0.2, -0.15) is 0 Å². The van der Waals surface area contributed by atoms with Crippen LogP contribution < -0.4 is 5.73 Å². The van der Waals surface area contributed by atoms with E-state index >= 15 is 0 Å². The molecular formula is C6H12NO2. The van der Waals surface area contributed by atoms with Crippen molar-refractivity contribution in [2.75, 3.05) is 13.2 Å². The lowest BCUT2D eigenvalue weighted by Crippen LogP contribution is -2.24. The second kappa shape index (κ2) is 4.32. The molecule has 0 aliphatic carbocycles. The van der Waals surface area contributed by atoms with E-state index in [0.29, 0.717) is 13.2 Å². The Hall–Kier alpha value is -0.570. The quantitative estimate of drug-likeness (QED) is 0.580. The van der Waals surface area contributed by atoms with Crippen LogP contribution in [0.5, 0.6) is 0 Å². The average Bonchev–Trinajstić information content (AvgIpc) is 1.82. The van der Waals surface area contributed by atoms with Gasteiger partial charge in [-0.1, -0.05) is 6.92 Å². The topological polar surface area (TPSA) is 52.3 Å². The molecule has 9 heavy (non-hydrogen) atoms. The van der Waals surface area contributed by atoms with Crippen LogP contribution in [0.1, 0.15) is 6.92 Å². The minimum atomic E-state index is -0.330. The molecular weight excluding hydrogens is 118 g/mol. The Bertz CT molecular complexity index is 93.1. The van der Waals surface area contributed by atoms with Gasteiger partial charge in [0.2, 0.25) is 5.91 Å². The number of primary amides is 1. The first-order valence-corrected chi connectivity index (χ1v) is 2.84. The van der Waals surface area contributed by atoms with Crippen LogP contribution in [0.2, 0.25) is 0 Å². The van der Waals surface area contributed by atoms with E-state index in [2.05, 4.69) is 6.92 Å². The standard InChI is InChI=1S/C6H12NO2/c1-3-9-4-5(2)6(7)8/h5H,1,3-4H2,2H3,(H2,7,8). The van der Waals surface area contributed by atoms with Crippen LogP contribution in [-0.4, -0.2) is 19.1 Å². The van der Waals surface area contributed by atoms with Gasteiger partial charge in [-0.3, -0.25) is 4.79 Å². The Balaban J connectivity index is 3.27. The summed E-state index contributed by atoms with van der Waals surface area (Å²) >= 11 is 0. The van der Waals surface area contributed by atoms with Gasteiger partial charge in [0, 0.05) is 6.61 Å². The van der Waals surface area contributed by atoms with Crippen molar-refractivity contribution in [2.45, 2.75) is 6.92 Å². The summed E-state index contributed by atoms with van der Waals surface area (Å²) < 4.78 is 4.84. The largest absolute Gasteiger partial charge is 0.381 e. The predicted molar refractivity (Wildman–Crippen MR) is 34.5 cm³/mol. The summed E-state index contributed by atoms with van der Waals surface area (Å²) in [5.41, 5.74) is 4.94. The van der Waals surface area contributed by atoms with Crippen molar-refractivity contribution < 1.29 is 9.53 Å². The van der Waals surface area contributed by atoms with Crippen molar-refractivity contribution in [3.8, 4) is 0 Å². The monoisotopic (exact) mass is 130 g/mol. The van der Waals surface area contributed by atoms with Gasteiger partial charge in [0.1, 0.15) is 0 Å². The second-order valence-electron chi connectivity index (χ2n) is 1.88. The molecule has 0 aromatic rings. The van der Waals surface area contributed by atoms with Crippen LogP contribution in [-0.2, 0) is 9.53 Å². The summed E-state index contributed by atoms with van der Waals surface area (Å²) in [4.78, 5) is 10.3. The molecule has 2 N–H and O–H groups in total. The highest BCUT2D eigenvalue weighted by Crippen LogP contribution is 1.92. The second-order valence-corrected chi connectivity index (χ2v) is 1.88. The molecule has 0 aliphatic rings. The van der Waals surface area contributed by atoms with Gasteiger partial charge in [-0.15, -0.1) is 0 Å². The highest BCUT2D eigenvalue weighted by molar-refractivity contribution is 5.76. The third kappa shape index (κ3) is 3.97. The number of carbonyl (C=O) groups excluding carboxylic acids is 1. The summed E-state index contributed by atoms with van der Waals surface area (Å²) in [6, 6.07) is 0. The third-order valence-electron chi connectivity index (χ3n) is 0.998. The zero-order valence-corrected chi connectivity index (χ0v) is 5.59. The number of rotatable bonds is 4. The summed E-state index contributed by atoms with van der Waals surface area (Å²) in [6.07, 6.45) is 0. The normalized spacial score (nSPS) is 13.1. The SMILES string of the molecule is [CH2]COCC(C)C(N)=O. The molecule has 0 fully saturated rings. The fourth-order valence-electron chi connectivity index (χ4n) is 0.342. The molecule has 3 heteroatoms. The first-order chi connectivity index (χ1) is 4.18. The Morgan fingerprint density at radius 2 is 2.44 bits per heavy atom. The Morgan fingerprint density at radius 1 is 1.89 bits per heavy atom. The first kappa shape index (κ1) is 8.43. The number of amides is 1. The molecule has 0 spiro atoms. The highest BCUT2D eigenvalue weighted by atomic mass is 16.5.